The number of rotatable bonds is 7. The number of ether oxygens (including phenoxy) is 2. The molecule has 0 rings (SSSR count). The first-order valence-electron chi connectivity index (χ1n) is 8.25. The third kappa shape index (κ3) is 7.02. The van der Waals surface area contributed by atoms with Crippen LogP contribution in [0.15, 0.2) is 36.6 Å². The van der Waals surface area contributed by atoms with Gasteiger partial charge in [-0.1, -0.05) is 32.6 Å². The first kappa shape index (κ1) is 22.0. The van der Waals surface area contributed by atoms with Crippen molar-refractivity contribution in [1.82, 2.24) is 4.90 Å². The molecule has 5 nitrogen and oxygen atoms in total. The largest absolute Gasteiger partial charge is 0.443 e. The Morgan fingerprint density at radius 1 is 1.00 bits per heavy atom. The van der Waals surface area contributed by atoms with Gasteiger partial charge in [-0.2, -0.15) is 4.90 Å². The van der Waals surface area contributed by atoms with Crippen molar-refractivity contribution < 1.29 is 19.1 Å². The molecule has 5 heteroatoms. The van der Waals surface area contributed by atoms with E-state index in [0.717, 1.165) is 4.90 Å². The lowest BCUT2D eigenvalue weighted by Crippen LogP contribution is -2.43. The summed E-state index contributed by atoms with van der Waals surface area (Å²) in [6.45, 7) is 16.4. The number of carbonyl (C=O) groups excluding carboxylic acids is 2. The molecule has 0 bridgehead atoms. The first-order chi connectivity index (χ1) is 11.0. The minimum atomic E-state index is -0.773. The highest BCUT2D eigenvalue weighted by molar-refractivity contribution is 5.91. The maximum Gasteiger partial charge on any atom is 0.424 e. The number of allylic oxidation sites excluding steroid dienone is 4. The highest BCUT2D eigenvalue weighted by Gasteiger charge is 2.34. The van der Waals surface area contributed by atoms with Crippen LogP contribution in [0.3, 0.4) is 0 Å². The van der Waals surface area contributed by atoms with Gasteiger partial charge in [0, 0.05) is 0 Å². The van der Waals surface area contributed by atoms with Crippen LogP contribution in [0.4, 0.5) is 9.59 Å². The predicted octanol–water partition coefficient (Wildman–Crippen LogP) is 5.58. The van der Waals surface area contributed by atoms with Crippen LogP contribution in [0.5, 0.6) is 0 Å². The molecule has 2 amide bonds. The van der Waals surface area contributed by atoms with Crippen molar-refractivity contribution in [3.8, 4) is 0 Å². The van der Waals surface area contributed by atoms with E-state index >= 15 is 0 Å². The zero-order valence-corrected chi connectivity index (χ0v) is 16.0. The molecular weight excluding hydrogens is 306 g/mol. The highest BCUT2D eigenvalue weighted by Crippen LogP contribution is 2.22. The fraction of sp³-hybridized carbons (Fsp3) is 0.579. The number of nitrogens with zero attached hydrogens (tertiary/aromatic N) is 1. The van der Waals surface area contributed by atoms with Crippen LogP contribution in [0, 0.1) is 0 Å². The zero-order chi connectivity index (χ0) is 19.0. The maximum absolute atomic E-state index is 12.6. The molecule has 0 aliphatic heterocycles. The van der Waals surface area contributed by atoms with Gasteiger partial charge < -0.3 is 9.47 Å². The summed E-state index contributed by atoms with van der Waals surface area (Å²) < 4.78 is 10.9. The van der Waals surface area contributed by atoms with Gasteiger partial charge in [0.1, 0.15) is 11.2 Å². The topological polar surface area (TPSA) is 55.8 Å². The van der Waals surface area contributed by atoms with E-state index in [-0.39, 0.29) is 0 Å². The second-order valence-electron chi connectivity index (χ2n) is 6.63. The Bertz CT molecular complexity index is 485. The van der Waals surface area contributed by atoms with Crippen molar-refractivity contribution in [3.05, 3.63) is 36.6 Å². The molecule has 0 saturated carbocycles. The SMILES string of the molecule is C=C/C=C(\C=C/C)N(C(=O)OC(C)(C)CC)C(=O)OC(C)(C)CC. The Kier molecular flexibility index (Phi) is 8.51. The lowest BCUT2D eigenvalue weighted by Gasteiger charge is -2.31. The standard InChI is InChI=1S/C19H31NO4/c1-9-13-15(14-10-2)20(16(21)23-18(5,6)11-3)17(22)24-19(7,8)12-4/h9-10,13-14H,1,11-12H2,2-8H3/b14-10-,15-13+. The molecule has 0 spiro atoms. The van der Waals surface area contributed by atoms with Gasteiger partial charge in [-0.3, -0.25) is 0 Å². The highest BCUT2D eigenvalue weighted by atomic mass is 16.6. The van der Waals surface area contributed by atoms with E-state index in [1.54, 1.807) is 52.8 Å². The lowest BCUT2D eigenvalue weighted by atomic mass is 10.1. The molecule has 136 valence electrons. The van der Waals surface area contributed by atoms with E-state index < -0.39 is 23.4 Å². The number of amides is 2. The summed E-state index contributed by atoms with van der Waals surface area (Å²) in [6, 6.07) is 0. The van der Waals surface area contributed by atoms with Gasteiger partial charge in [0.15, 0.2) is 0 Å². The summed E-state index contributed by atoms with van der Waals surface area (Å²) in [4.78, 5) is 26.1. The maximum atomic E-state index is 12.6. The molecule has 24 heavy (non-hydrogen) atoms. The molecule has 0 aromatic rings. The average Bonchev–Trinajstić information content (AvgIpc) is 2.47. The van der Waals surface area contributed by atoms with Gasteiger partial charge in [0.05, 0.1) is 5.70 Å². The summed E-state index contributed by atoms with van der Waals surface area (Å²) in [5, 5.41) is 0. The normalized spacial score (nSPS) is 12.9. The molecule has 0 radical (unpaired) electrons. The molecule has 0 aromatic carbocycles. The molecule has 0 aliphatic rings. The fourth-order valence-electron chi connectivity index (χ4n) is 1.49. The molecule has 0 N–H and O–H groups in total. The first-order valence-corrected chi connectivity index (χ1v) is 8.25. The number of carbonyl (C=O) groups is 2. The van der Waals surface area contributed by atoms with E-state index in [9.17, 15) is 9.59 Å². The van der Waals surface area contributed by atoms with Gasteiger partial charge in [-0.05, 0) is 59.6 Å². The summed E-state index contributed by atoms with van der Waals surface area (Å²) in [6.07, 6.45) is 6.09. The fourth-order valence-corrected chi connectivity index (χ4v) is 1.49. The summed E-state index contributed by atoms with van der Waals surface area (Å²) in [7, 11) is 0. The van der Waals surface area contributed by atoms with Crippen molar-refractivity contribution >= 4 is 12.2 Å². The van der Waals surface area contributed by atoms with Gasteiger partial charge in [0.25, 0.3) is 0 Å². The van der Waals surface area contributed by atoms with Gasteiger partial charge in [-0.15, -0.1) is 0 Å². The summed E-state index contributed by atoms with van der Waals surface area (Å²) in [5.74, 6) is 0. The van der Waals surface area contributed by atoms with E-state index in [1.807, 2.05) is 13.8 Å². The lowest BCUT2D eigenvalue weighted by molar-refractivity contribution is -0.00426. The summed E-state index contributed by atoms with van der Waals surface area (Å²) in [5.41, 5.74) is -1.04. The summed E-state index contributed by atoms with van der Waals surface area (Å²) >= 11 is 0. The second kappa shape index (κ2) is 9.30. The van der Waals surface area contributed by atoms with Crippen LogP contribution in [0.25, 0.3) is 0 Å². The van der Waals surface area contributed by atoms with Crippen molar-refractivity contribution in [3.63, 3.8) is 0 Å². The van der Waals surface area contributed by atoms with Crippen LogP contribution >= 0.6 is 0 Å². The third-order valence-corrected chi connectivity index (χ3v) is 3.68. The van der Waals surface area contributed by atoms with Crippen LogP contribution in [0.2, 0.25) is 0 Å². The molecule has 0 unspecified atom stereocenters. The minimum absolute atomic E-state index is 0.335. The predicted molar refractivity (Wildman–Crippen MR) is 96.6 cm³/mol. The van der Waals surface area contributed by atoms with Crippen molar-refractivity contribution in [2.75, 3.05) is 0 Å². The molecule has 0 atom stereocenters. The monoisotopic (exact) mass is 337 g/mol. The minimum Gasteiger partial charge on any atom is -0.443 e. The Balaban J connectivity index is 5.75. The third-order valence-electron chi connectivity index (χ3n) is 3.68. The van der Waals surface area contributed by atoms with Gasteiger partial charge in [0.2, 0.25) is 0 Å². The van der Waals surface area contributed by atoms with Crippen molar-refractivity contribution in [2.45, 2.75) is 72.5 Å². The van der Waals surface area contributed by atoms with Gasteiger partial charge >= 0.3 is 12.2 Å². The second-order valence-corrected chi connectivity index (χ2v) is 6.63. The Morgan fingerprint density at radius 2 is 1.42 bits per heavy atom. The van der Waals surface area contributed by atoms with E-state index in [2.05, 4.69) is 6.58 Å². The molecule has 0 aromatic heterocycles. The van der Waals surface area contributed by atoms with E-state index in [0.29, 0.717) is 18.5 Å². The molecule has 0 fully saturated rings. The molecule has 0 saturated heterocycles. The van der Waals surface area contributed by atoms with E-state index in [4.69, 9.17) is 9.47 Å². The quantitative estimate of drug-likeness (QED) is 0.569. The Hall–Kier alpha value is -2.04. The van der Waals surface area contributed by atoms with Crippen LogP contribution in [-0.4, -0.2) is 28.3 Å². The van der Waals surface area contributed by atoms with Crippen LogP contribution < -0.4 is 0 Å². The van der Waals surface area contributed by atoms with Crippen molar-refractivity contribution in [2.24, 2.45) is 0 Å². The van der Waals surface area contributed by atoms with E-state index in [1.165, 1.54) is 6.08 Å². The van der Waals surface area contributed by atoms with Crippen molar-refractivity contribution in [1.29, 1.82) is 0 Å². The Morgan fingerprint density at radius 3 is 1.71 bits per heavy atom. The smallest absolute Gasteiger partial charge is 0.424 e. The molecule has 0 aliphatic carbocycles. The van der Waals surface area contributed by atoms with Gasteiger partial charge in [-0.25, -0.2) is 9.59 Å². The van der Waals surface area contributed by atoms with Crippen LogP contribution in [0.1, 0.15) is 61.3 Å². The van der Waals surface area contributed by atoms with Crippen LogP contribution in [-0.2, 0) is 9.47 Å². The zero-order valence-electron chi connectivity index (χ0n) is 16.0. The number of hydrogen-bond acceptors (Lipinski definition) is 4. The molecule has 0 heterocycles. The number of hydrogen-bond donors (Lipinski definition) is 0. The molecular formula is C19H31NO4. The Labute approximate surface area is 146 Å². The number of imide groups is 1. The average molecular weight is 337 g/mol.